The molecule has 3 heterocycles. The van der Waals surface area contributed by atoms with Gasteiger partial charge < -0.3 is 19.3 Å². The number of hydrogen-bond donors (Lipinski definition) is 0. The van der Waals surface area contributed by atoms with Crippen LogP contribution in [-0.4, -0.2) is 63.9 Å². The molecule has 9 heteroatoms. The van der Waals surface area contributed by atoms with E-state index in [-0.39, 0.29) is 12.7 Å². The Bertz CT molecular complexity index is 1230. The van der Waals surface area contributed by atoms with E-state index in [2.05, 4.69) is 20.0 Å². The molecule has 0 spiro atoms. The van der Waals surface area contributed by atoms with Crippen molar-refractivity contribution in [2.75, 3.05) is 38.2 Å². The van der Waals surface area contributed by atoms with Gasteiger partial charge in [-0.15, -0.1) is 0 Å². The lowest BCUT2D eigenvalue weighted by molar-refractivity contribution is 0.0941. The molecule has 9 nitrogen and oxygen atoms in total. The van der Waals surface area contributed by atoms with E-state index in [9.17, 15) is 4.79 Å². The predicted octanol–water partition coefficient (Wildman–Crippen LogP) is 3.26. The quantitative estimate of drug-likeness (QED) is 0.467. The molecule has 2 aromatic heterocycles. The lowest BCUT2D eigenvalue weighted by atomic mass is 10.1. The smallest absolute Gasteiger partial charge is 0.410 e. The highest BCUT2D eigenvalue weighted by Crippen LogP contribution is 2.32. The van der Waals surface area contributed by atoms with Gasteiger partial charge in [0.25, 0.3) is 5.78 Å². The summed E-state index contributed by atoms with van der Waals surface area (Å²) in [6.07, 6.45) is 3.03. The first kappa shape index (κ1) is 20.7. The molecule has 1 saturated heterocycles. The molecule has 2 aromatic carbocycles. The Morgan fingerprint density at radius 3 is 2.45 bits per heavy atom. The first-order chi connectivity index (χ1) is 16.2. The van der Waals surface area contributed by atoms with Gasteiger partial charge in [0.15, 0.2) is 0 Å². The van der Waals surface area contributed by atoms with Gasteiger partial charge in [-0.25, -0.2) is 9.78 Å². The molecule has 1 amide bonds. The molecule has 1 aliphatic heterocycles. The van der Waals surface area contributed by atoms with Crippen molar-refractivity contribution in [2.24, 2.45) is 0 Å². The Morgan fingerprint density at radius 2 is 1.73 bits per heavy atom. The number of hydrogen-bond acceptors (Lipinski definition) is 7. The Labute approximate surface area is 191 Å². The molecule has 0 radical (unpaired) electrons. The Morgan fingerprint density at radius 1 is 0.970 bits per heavy atom. The van der Waals surface area contributed by atoms with Crippen LogP contribution in [0.25, 0.3) is 16.9 Å². The van der Waals surface area contributed by atoms with Crippen molar-refractivity contribution in [3.8, 4) is 16.9 Å². The zero-order chi connectivity index (χ0) is 22.6. The second kappa shape index (κ2) is 9.15. The third-order valence-corrected chi connectivity index (χ3v) is 5.72. The first-order valence-electron chi connectivity index (χ1n) is 10.8. The number of rotatable bonds is 5. The summed E-state index contributed by atoms with van der Waals surface area (Å²) in [6, 6.07) is 17.5. The zero-order valence-electron chi connectivity index (χ0n) is 18.3. The largest absolute Gasteiger partial charge is 0.497 e. The number of amides is 1. The molecule has 1 fully saturated rings. The number of anilines is 1. The van der Waals surface area contributed by atoms with Crippen molar-refractivity contribution < 1.29 is 14.3 Å². The molecule has 0 unspecified atom stereocenters. The van der Waals surface area contributed by atoms with Crippen LogP contribution in [0.3, 0.4) is 0 Å². The molecule has 168 valence electrons. The maximum atomic E-state index is 12.6. The standard InChI is InChI=1S/C24H24N6O3/c1-32-20-9-7-19(8-10-20)21-15-25-23-26-17-27-30(23)22(21)28-11-13-29(14-12-28)24(31)33-16-18-5-3-2-4-6-18/h2-10,15,17H,11-14,16H2,1H3. The van der Waals surface area contributed by atoms with Crippen LogP contribution in [0, 0.1) is 0 Å². The topological polar surface area (TPSA) is 85.1 Å². The summed E-state index contributed by atoms with van der Waals surface area (Å²) in [5, 5.41) is 4.40. The summed E-state index contributed by atoms with van der Waals surface area (Å²) in [5.74, 6) is 2.23. The highest BCUT2D eigenvalue weighted by atomic mass is 16.6. The van der Waals surface area contributed by atoms with E-state index < -0.39 is 0 Å². The summed E-state index contributed by atoms with van der Waals surface area (Å²) in [6.45, 7) is 2.65. The molecule has 0 saturated carbocycles. The van der Waals surface area contributed by atoms with Gasteiger partial charge in [-0.3, -0.25) is 0 Å². The fraction of sp³-hybridized carbons (Fsp3) is 0.250. The number of benzene rings is 2. The SMILES string of the molecule is COc1ccc(-c2cnc3ncnn3c2N2CCN(C(=O)OCc3ccccc3)CC2)cc1. The highest BCUT2D eigenvalue weighted by molar-refractivity contribution is 5.77. The van der Waals surface area contributed by atoms with Crippen molar-refractivity contribution in [1.82, 2.24) is 24.5 Å². The van der Waals surface area contributed by atoms with E-state index >= 15 is 0 Å². The molecule has 0 aliphatic carbocycles. The van der Waals surface area contributed by atoms with Crippen molar-refractivity contribution >= 4 is 17.7 Å². The Kier molecular flexibility index (Phi) is 5.75. The highest BCUT2D eigenvalue weighted by Gasteiger charge is 2.26. The van der Waals surface area contributed by atoms with Crippen LogP contribution in [0.15, 0.2) is 67.1 Å². The number of carbonyl (C=O) groups excluding carboxylic acids is 1. The molecule has 33 heavy (non-hydrogen) atoms. The van der Waals surface area contributed by atoms with Crippen LogP contribution >= 0.6 is 0 Å². The maximum Gasteiger partial charge on any atom is 0.410 e. The van der Waals surface area contributed by atoms with Crippen LogP contribution in [0.5, 0.6) is 5.75 Å². The molecule has 1 aliphatic rings. The minimum absolute atomic E-state index is 0.269. The van der Waals surface area contributed by atoms with Crippen molar-refractivity contribution in [3.05, 3.63) is 72.7 Å². The Balaban J connectivity index is 1.33. The second-order valence-electron chi connectivity index (χ2n) is 7.71. The predicted molar refractivity (Wildman–Crippen MR) is 123 cm³/mol. The Hall–Kier alpha value is -4.14. The number of fused-ring (bicyclic) bond motifs is 1. The van der Waals surface area contributed by atoms with E-state index in [1.54, 1.807) is 16.5 Å². The van der Waals surface area contributed by atoms with Crippen molar-refractivity contribution in [3.63, 3.8) is 0 Å². The lowest BCUT2D eigenvalue weighted by Crippen LogP contribution is -2.49. The molecule has 0 atom stereocenters. The number of aromatic nitrogens is 4. The van der Waals surface area contributed by atoms with Gasteiger partial charge in [0, 0.05) is 37.9 Å². The molecular formula is C24H24N6O3. The summed E-state index contributed by atoms with van der Waals surface area (Å²) in [4.78, 5) is 25.2. The minimum atomic E-state index is -0.297. The number of piperazine rings is 1. The van der Waals surface area contributed by atoms with Crippen molar-refractivity contribution in [2.45, 2.75) is 6.61 Å². The molecule has 5 rings (SSSR count). The van der Waals surface area contributed by atoms with Crippen LogP contribution in [-0.2, 0) is 11.3 Å². The average molecular weight is 444 g/mol. The number of methoxy groups -OCH3 is 1. The summed E-state index contributed by atoms with van der Waals surface area (Å²) < 4.78 is 12.5. The number of ether oxygens (including phenoxy) is 2. The first-order valence-corrected chi connectivity index (χ1v) is 10.8. The fourth-order valence-electron chi connectivity index (χ4n) is 3.96. The summed E-state index contributed by atoms with van der Waals surface area (Å²) in [7, 11) is 1.65. The van der Waals surface area contributed by atoms with Crippen LogP contribution in [0.4, 0.5) is 10.6 Å². The maximum absolute atomic E-state index is 12.6. The normalized spacial score (nSPS) is 13.8. The fourth-order valence-corrected chi connectivity index (χ4v) is 3.96. The van der Waals surface area contributed by atoms with Gasteiger partial charge in [0.2, 0.25) is 0 Å². The van der Waals surface area contributed by atoms with Gasteiger partial charge in [-0.1, -0.05) is 42.5 Å². The number of nitrogens with zero attached hydrogens (tertiary/aromatic N) is 6. The summed E-state index contributed by atoms with van der Waals surface area (Å²) in [5.41, 5.74) is 2.91. The average Bonchev–Trinajstić information content (AvgIpc) is 3.36. The van der Waals surface area contributed by atoms with Crippen LogP contribution in [0.2, 0.25) is 0 Å². The van der Waals surface area contributed by atoms with E-state index in [0.717, 1.165) is 28.3 Å². The summed E-state index contributed by atoms with van der Waals surface area (Å²) >= 11 is 0. The third-order valence-electron chi connectivity index (χ3n) is 5.72. The van der Waals surface area contributed by atoms with E-state index in [1.807, 2.05) is 60.8 Å². The van der Waals surface area contributed by atoms with Gasteiger partial charge in [-0.05, 0) is 23.3 Å². The van der Waals surface area contributed by atoms with Crippen molar-refractivity contribution in [1.29, 1.82) is 0 Å². The molecule has 0 bridgehead atoms. The van der Waals surface area contributed by atoms with Gasteiger partial charge in [0.1, 0.15) is 24.5 Å². The van der Waals surface area contributed by atoms with Gasteiger partial charge >= 0.3 is 6.09 Å². The molecule has 4 aromatic rings. The molecule has 0 N–H and O–H groups in total. The van der Waals surface area contributed by atoms with Gasteiger partial charge in [-0.2, -0.15) is 14.6 Å². The number of carbonyl (C=O) groups is 1. The van der Waals surface area contributed by atoms with Crippen LogP contribution in [0.1, 0.15) is 5.56 Å². The second-order valence-corrected chi connectivity index (χ2v) is 7.71. The lowest BCUT2D eigenvalue weighted by Gasteiger charge is -2.36. The minimum Gasteiger partial charge on any atom is -0.497 e. The zero-order valence-corrected chi connectivity index (χ0v) is 18.3. The van der Waals surface area contributed by atoms with E-state index in [4.69, 9.17) is 9.47 Å². The third kappa shape index (κ3) is 4.30. The van der Waals surface area contributed by atoms with E-state index in [0.29, 0.717) is 32.0 Å². The molecular weight excluding hydrogens is 420 g/mol. The van der Waals surface area contributed by atoms with E-state index in [1.165, 1.54) is 6.33 Å². The van der Waals surface area contributed by atoms with Crippen LogP contribution < -0.4 is 9.64 Å². The monoisotopic (exact) mass is 444 g/mol. The van der Waals surface area contributed by atoms with Gasteiger partial charge in [0.05, 0.1) is 7.11 Å².